The maximum absolute atomic E-state index is 12.4. The molecule has 7 heteroatoms. The summed E-state index contributed by atoms with van der Waals surface area (Å²) >= 11 is 5.62. The molecule has 0 aromatic carbocycles. The van der Waals surface area contributed by atoms with Gasteiger partial charge in [-0.1, -0.05) is 0 Å². The maximum Gasteiger partial charge on any atom is 0.225 e. The second kappa shape index (κ2) is 8.70. The second-order valence-electron chi connectivity index (χ2n) is 7.00. The van der Waals surface area contributed by atoms with Crippen molar-refractivity contribution in [2.75, 3.05) is 25.5 Å². The minimum Gasteiger partial charge on any atom is -0.353 e. The van der Waals surface area contributed by atoms with Crippen LogP contribution in [0.1, 0.15) is 46.0 Å². The molecule has 2 aliphatic heterocycles. The van der Waals surface area contributed by atoms with Gasteiger partial charge >= 0.3 is 0 Å². The highest BCUT2D eigenvalue weighted by atomic mass is 35.5. The number of rotatable bonds is 6. The summed E-state index contributed by atoms with van der Waals surface area (Å²) in [6.45, 7) is 5.80. The van der Waals surface area contributed by atoms with Crippen LogP contribution >= 0.6 is 11.6 Å². The Balaban J connectivity index is 1.75. The molecule has 0 aromatic heterocycles. The van der Waals surface area contributed by atoms with Crippen LogP contribution in [-0.2, 0) is 14.4 Å². The van der Waals surface area contributed by atoms with E-state index in [4.69, 9.17) is 11.6 Å². The molecule has 0 aliphatic carbocycles. The molecule has 2 rings (SSSR count). The zero-order chi connectivity index (χ0) is 17.7. The van der Waals surface area contributed by atoms with E-state index in [2.05, 4.69) is 5.32 Å². The molecule has 0 saturated carbocycles. The van der Waals surface area contributed by atoms with Gasteiger partial charge in [0, 0.05) is 50.4 Å². The lowest BCUT2D eigenvalue weighted by Gasteiger charge is -2.33. The van der Waals surface area contributed by atoms with Crippen LogP contribution in [0.3, 0.4) is 0 Å². The van der Waals surface area contributed by atoms with Crippen molar-refractivity contribution in [3.8, 4) is 0 Å². The minimum atomic E-state index is -0.247. The Morgan fingerprint density at radius 3 is 2.50 bits per heavy atom. The Kier molecular flexibility index (Phi) is 6.90. The standard InChI is InChI=1S/C17H28ClN3O3/c1-12(2)21-11-13(10-16(21)23)17(24)19-14-5-8-20(9-6-14)15(22)4-3-7-18/h12-14H,3-11H2,1-2H3,(H,19,24). The van der Waals surface area contributed by atoms with Crippen molar-refractivity contribution < 1.29 is 14.4 Å². The Morgan fingerprint density at radius 1 is 1.29 bits per heavy atom. The molecular formula is C17H28ClN3O3. The lowest BCUT2D eigenvalue weighted by Crippen LogP contribution is -2.48. The first-order chi connectivity index (χ1) is 11.4. The van der Waals surface area contributed by atoms with E-state index in [0.717, 1.165) is 12.8 Å². The Hall–Kier alpha value is -1.30. The normalized spacial score (nSPS) is 22.3. The number of hydrogen-bond acceptors (Lipinski definition) is 3. The maximum atomic E-state index is 12.4. The van der Waals surface area contributed by atoms with Gasteiger partial charge < -0.3 is 15.1 Å². The first-order valence-electron chi connectivity index (χ1n) is 8.86. The van der Waals surface area contributed by atoms with Crippen LogP contribution in [0, 0.1) is 5.92 Å². The van der Waals surface area contributed by atoms with Gasteiger partial charge in [-0.2, -0.15) is 0 Å². The van der Waals surface area contributed by atoms with Gasteiger partial charge in [0.05, 0.1) is 5.92 Å². The molecule has 1 unspecified atom stereocenters. The summed E-state index contributed by atoms with van der Waals surface area (Å²) in [6, 6.07) is 0.232. The summed E-state index contributed by atoms with van der Waals surface area (Å²) in [5.41, 5.74) is 0. The fourth-order valence-electron chi connectivity index (χ4n) is 3.37. The third-order valence-corrected chi connectivity index (χ3v) is 5.14. The van der Waals surface area contributed by atoms with Crippen molar-refractivity contribution in [1.82, 2.24) is 15.1 Å². The average Bonchev–Trinajstić information content (AvgIpc) is 2.95. The van der Waals surface area contributed by atoms with Crippen LogP contribution in [0.4, 0.5) is 0 Å². The number of nitrogens with one attached hydrogen (secondary N) is 1. The van der Waals surface area contributed by atoms with Crippen molar-refractivity contribution in [3.63, 3.8) is 0 Å². The zero-order valence-electron chi connectivity index (χ0n) is 14.6. The molecule has 2 aliphatic rings. The predicted molar refractivity (Wildman–Crippen MR) is 92.7 cm³/mol. The summed E-state index contributed by atoms with van der Waals surface area (Å²) in [5.74, 6) is 0.437. The van der Waals surface area contributed by atoms with Crippen LogP contribution in [0.15, 0.2) is 0 Å². The minimum absolute atomic E-state index is 0.0292. The first-order valence-corrected chi connectivity index (χ1v) is 9.39. The van der Waals surface area contributed by atoms with Gasteiger partial charge in [0.25, 0.3) is 0 Å². The third kappa shape index (κ3) is 4.85. The van der Waals surface area contributed by atoms with Crippen molar-refractivity contribution in [2.45, 2.75) is 58.0 Å². The van der Waals surface area contributed by atoms with Crippen LogP contribution in [-0.4, -0.2) is 65.1 Å². The Morgan fingerprint density at radius 2 is 1.96 bits per heavy atom. The number of nitrogens with zero attached hydrogens (tertiary/aromatic N) is 2. The average molecular weight is 358 g/mol. The summed E-state index contributed by atoms with van der Waals surface area (Å²) < 4.78 is 0. The number of likely N-dealkylation sites (tertiary alicyclic amines) is 2. The molecule has 0 bridgehead atoms. The van der Waals surface area contributed by atoms with E-state index in [1.807, 2.05) is 18.7 Å². The van der Waals surface area contributed by atoms with Gasteiger partial charge in [-0.25, -0.2) is 0 Å². The zero-order valence-corrected chi connectivity index (χ0v) is 15.3. The molecule has 24 heavy (non-hydrogen) atoms. The van der Waals surface area contributed by atoms with Crippen molar-refractivity contribution in [2.24, 2.45) is 5.92 Å². The molecular weight excluding hydrogens is 330 g/mol. The Labute approximate surface area is 148 Å². The number of hydrogen-bond donors (Lipinski definition) is 1. The molecule has 2 heterocycles. The van der Waals surface area contributed by atoms with Crippen LogP contribution in [0.5, 0.6) is 0 Å². The van der Waals surface area contributed by atoms with Gasteiger partial charge in [-0.05, 0) is 33.1 Å². The fraction of sp³-hybridized carbons (Fsp3) is 0.824. The molecule has 136 valence electrons. The largest absolute Gasteiger partial charge is 0.353 e. The van der Waals surface area contributed by atoms with Gasteiger partial charge in [0.1, 0.15) is 0 Å². The van der Waals surface area contributed by atoms with Gasteiger partial charge in [-0.3, -0.25) is 14.4 Å². The summed E-state index contributed by atoms with van der Waals surface area (Å²) in [6.07, 6.45) is 3.05. The highest BCUT2D eigenvalue weighted by molar-refractivity contribution is 6.17. The van der Waals surface area contributed by atoms with E-state index in [1.165, 1.54) is 0 Å². The molecule has 0 aromatic rings. The number of amides is 3. The molecule has 6 nitrogen and oxygen atoms in total. The topological polar surface area (TPSA) is 69.7 Å². The first kappa shape index (κ1) is 19.0. The summed E-state index contributed by atoms with van der Waals surface area (Å²) in [7, 11) is 0. The molecule has 0 spiro atoms. The monoisotopic (exact) mass is 357 g/mol. The predicted octanol–water partition coefficient (Wildman–Crippen LogP) is 1.37. The third-order valence-electron chi connectivity index (χ3n) is 4.87. The van der Waals surface area contributed by atoms with E-state index >= 15 is 0 Å². The van der Waals surface area contributed by atoms with E-state index in [9.17, 15) is 14.4 Å². The number of halogens is 1. The molecule has 1 atom stereocenters. The summed E-state index contributed by atoms with van der Waals surface area (Å²) in [4.78, 5) is 39.9. The van der Waals surface area contributed by atoms with Crippen LogP contribution in [0.2, 0.25) is 0 Å². The molecule has 2 fully saturated rings. The van der Waals surface area contributed by atoms with E-state index in [1.54, 1.807) is 4.90 Å². The van der Waals surface area contributed by atoms with E-state index < -0.39 is 0 Å². The van der Waals surface area contributed by atoms with Gasteiger partial charge in [0.2, 0.25) is 17.7 Å². The highest BCUT2D eigenvalue weighted by Gasteiger charge is 2.36. The molecule has 0 radical (unpaired) electrons. The van der Waals surface area contributed by atoms with Crippen molar-refractivity contribution in [1.29, 1.82) is 0 Å². The number of carbonyl (C=O) groups is 3. The number of alkyl halides is 1. The van der Waals surface area contributed by atoms with Crippen molar-refractivity contribution in [3.05, 3.63) is 0 Å². The highest BCUT2D eigenvalue weighted by Crippen LogP contribution is 2.21. The van der Waals surface area contributed by atoms with E-state index in [-0.39, 0.29) is 35.7 Å². The summed E-state index contributed by atoms with van der Waals surface area (Å²) in [5, 5.41) is 3.07. The second-order valence-corrected chi connectivity index (χ2v) is 7.38. The number of carbonyl (C=O) groups excluding carboxylic acids is 3. The van der Waals surface area contributed by atoms with E-state index in [0.29, 0.717) is 44.8 Å². The quantitative estimate of drug-likeness (QED) is 0.730. The van der Waals surface area contributed by atoms with Gasteiger partial charge in [-0.15, -0.1) is 11.6 Å². The SMILES string of the molecule is CC(C)N1CC(C(=O)NC2CCN(C(=O)CCCCl)CC2)CC1=O. The fourth-order valence-corrected chi connectivity index (χ4v) is 3.51. The Bertz CT molecular complexity index is 476. The van der Waals surface area contributed by atoms with Crippen LogP contribution < -0.4 is 5.32 Å². The molecule has 3 amide bonds. The smallest absolute Gasteiger partial charge is 0.225 e. The van der Waals surface area contributed by atoms with Crippen LogP contribution in [0.25, 0.3) is 0 Å². The van der Waals surface area contributed by atoms with Gasteiger partial charge in [0.15, 0.2) is 0 Å². The lowest BCUT2D eigenvalue weighted by atomic mass is 10.0. The molecule has 1 N–H and O–H groups in total. The lowest BCUT2D eigenvalue weighted by molar-refractivity contribution is -0.133. The molecule has 2 saturated heterocycles. The van der Waals surface area contributed by atoms with Crippen molar-refractivity contribution >= 4 is 29.3 Å². The number of piperidine rings is 1.